The summed E-state index contributed by atoms with van der Waals surface area (Å²) in [6, 6.07) is 8.79. The van der Waals surface area contributed by atoms with Gasteiger partial charge in [0.05, 0.1) is 4.91 Å². The molecule has 2 heterocycles. The van der Waals surface area contributed by atoms with Crippen molar-refractivity contribution >= 4 is 34.6 Å². The van der Waals surface area contributed by atoms with Crippen molar-refractivity contribution in [2.45, 2.75) is 6.92 Å². The van der Waals surface area contributed by atoms with Crippen molar-refractivity contribution in [3.8, 4) is 5.75 Å². The molecule has 2 aromatic rings. The summed E-state index contributed by atoms with van der Waals surface area (Å²) in [5.41, 5.74) is 2.32. The van der Waals surface area contributed by atoms with Crippen molar-refractivity contribution in [3.05, 3.63) is 58.8 Å². The van der Waals surface area contributed by atoms with Crippen LogP contribution in [0.1, 0.15) is 11.1 Å². The van der Waals surface area contributed by atoms with Gasteiger partial charge in [-0.1, -0.05) is 6.07 Å². The number of phenolic OH excluding ortho intramolecular Hbond substituents is 1. The van der Waals surface area contributed by atoms with Gasteiger partial charge in [0.25, 0.3) is 5.91 Å². The van der Waals surface area contributed by atoms with Gasteiger partial charge in [0.1, 0.15) is 11.4 Å². The molecule has 0 radical (unpaired) electrons. The number of nitrogens with one attached hydrogen (secondary N) is 1. The topological polar surface area (TPSA) is 74.6 Å². The molecule has 1 amide bonds. The van der Waals surface area contributed by atoms with E-state index in [1.165, 1.54) is 11.8 Å². The van der Waals surface area contributed by atoms with E-state index in [2.05, 4.69) is 15.3 Å². The Morgan fingerprint density at radius 3 is 2.82 bits per heavy atom. The minimum atomic E-state index is -0.201. The largest absolute Gasteiger partial charge is 0.506 e. The Kier molecular flexibility index (Phi) is 3.93. The summed E-state index contributed by atoms with van der Waals surface area (Å²) in [4.78, 5) is 20.8. The first-order chi connectivity index (χ1) is 10.6. The van der Waals surface area contributed by atoms with Crippen LogP contribution < -0.4 is 5.32 Å². The Labute approximate surface area is 131 Å². The first kappa shape index (κ1) is 14.3. The van der Waals surface area contributed by atoms with Gasteiger partial charge in [0.2, 0.25) is 0 Å². The number of thioether (sulfide) groups is 1. The number of hydrogen-bond acceptors (Lipinski definition) is 5. The quantitative estimate of drug-likeness (QED) is 0.836. The molecule has 6 heteroatoms. The van der Waals surface area contributed by atoms with Crippen LogP contribution in [0.3, 0.4) is 0 Å². The van der Waals surface area contributed by atoms with E-state index in [4.69, 9.17) is 0 Å². The summed E-state index contributed by atoms with van der Waals surface area (Å²) >= 11 is 1.24. The molecule has 5 nitrogen and oxygen atoms in total. The van der Waals surface area contributed by atoms with Gasteiger partial charge in [-0.15, -0.1) is 0 Å². The predicted octanol–water partition coefficient (Wildman–Crippen LogP) is 2.99. The van der Waals surface area contributed by atoms with Crippen LogP contribution in [0.25, 0.3) is 6.08 Å². The standard InChI is InChI=1S/C16H13N3O2S/c1-10-2-3-13(20)12(8-10)18-16-19-15(21)14(22-16)9-11-4-6-17-7-5-11/h2-9,20H,1H3,(H,18,19,21)/b14-9-. The van der Waals surface area contributed by atoms with E-state index in [1.807, 2.05) is 19.1 Å². The zero-order chi connectivity index (χ0) is 15.5. The zero-order valence-electron chi connectivity index (χ0n) is 11.8. The first-order valence-corrected chi connectivity index (χ1v) is 7.43. The van der Waals surface area contributed by atoms with Crippen molar-refractivity contribution in [2.75, 3.05) is 0 Å². The SMILES string of the molecule is Cc1ccc(O)c(N=C2NC(=O)/C(=C/c3ccncc3)S2)c1. The third-order valence-electron chi connectivity index (χ3n) is 3.01. The highest BCUT2D eigenvalue weighted by Crippen LogP contribution is 2.32. The summed E-state index contributed by atoms with van der Waals surface area (Å²) in [6.45, 7) is 1.91. The van der Waals surface area contributed by atoms with Crippen LogP contribution in [0.5, 0.6) is 5.75 Å². The Morgan fingerprint density at radius 1 is 1.27 bits per heavy atom. The number of amides is 1. The lowest BCUT2D eigenvalue weighted by Gasteiger charge is -2.01. The van der Waals surface area contributed by atoms with Crippen LogP contribution in [-0.4, -0.2) is 21.2 Å². The van der Waals surface area contributed by atoms with Gasteiger partial charge in [-0.05, 0) is 60.2 Å². The Balaban J connectivity index is 1.87. The summed E-state index contributed by atoms with van der Waals surface area (Å²) in [7, 11) is 0. The second-order valence-corrected chi connectivity index (χ2v) is 5.79. The molecule has 0 aliphatic carbocycles. The van der Waals surface area contributed by atoms with E-state index in [-0.39, 0.29) is 11.7 Å². The van der Waals surface area contributed by atoms with Gasteiger partial charge < -0.3 is 10.4 Å². The van der Waals surface area contributed by atoms with E-state index in [0.29, 0.717) is 15.8 Å². The molecular weight excluding hydrogens is 298 g/mol. The number of aromatic nitrogens is 1. The van der Waals surface area contributed by atoms with E-state index in [1.54, 1.807) is 36.7 Å². The minimum absolute atomic E-state index is 0.0829. The van der Waals surface area contributed by atoms with Crippen LogP contribution in [0.15, 0.2) is 52.6 Å². The Hall–Kier alpha value is -2.60. The zero-order valence-corrected chi connectivity index (χ0v) is 12.6. The highest BCUT2D eigenvalue weighted by atomic mass is 32.2. The number of carbonyl (C=O) groups is 1. The van der Waals surface area contributed by atoms with Crippen LogP contribution >= 0.6 is 11.8 Å². The molecule has 2 N–H and O–H groups in total. The number of phenols is 1. The van der Waals surface area contributed by atoms with Crippen molar-refractivity contribution in [2.24, 2.45) is 4.99 Å². The molecule has 0 unspecified atom stereocenters. The lowest BCUT2D eigenvalue weighted by molar-refractivity contribution is -0.115. The van der Waals surface area contributed by atoms with E-state index in [0.717, 1.165) is 11.1 Å². The van der Waals surface area contributed by atoms with Gasteiger partial charge in [-0.2, -0.15) is 0 Å². The second kappa shape index (κ2) is 6.03. The highest BCUT2D eigenvalue weighted by Gasteiger charge is 2.24. The highest BCUT2D eigenvalue weighted by molar-refractivity contribution is 8.18. The van der Waals surface area contributed by atoms with Crippen LogP contribution in [-0.2, 0) is 4.79 Å². The Bertz CT molecular complexity index is 785. The normalized spacial score (nSPS) is 18.0. The molecule has 1 aromatic carbocycles. The van der Waals surface area contributed by atoms with Gasteiger partial charge in [-0.25, -0.2) is 4.99 Å². The molecule has 22 heavy (non-hydrogen) atoms. The summed E-state index contributed by atoms with van der Waals surface area (Å²) in [6.07, 6.45) is 5.12. The van der Waals surface area contributed by atoms with E-state index in [9.17, 15) is 9.90 Å². The third kappa shape index (κ3) is 3.17. The third-order valence-corrected chi connectivity index (χ3v) is 3.92. The van der Waals surface area contributed by atoms with Gasteiger partial charge >= 0.3 is 0 Å². The molecule has 1 aromatic heterocycles. The number of aromatic hydroxyl groups is 1. The summed E-state index contributed by atoms with van der Waals surface area (Å²) in [5, 5.41) is 13.0. The van der Waals surface area contributed by atoms with E-state index >= 15 is 0 Å². The maximum atomic E-state index is 12.0. The molecule has 0 saturated carbocycles. The van der Waals surface area contributed by atoms with Gasteiger partial charge in [0, 0.05) is 12.4 Å². The number of aliphatic imine (C=N–C) groups is 1. The minimum Gasteiger partial charge on any atom is -0.506 e. The molecule has 1 fully saturated rings. The number of pyridine rings is 1. The van der Waals surface area contributed by atoms with Crippen LogP contribution in [0.4, 0.5) is 5.69 Å². The van der Waals surface area contributed by atoms with E-state index < -0.39 is 0 Å². The van der Waals surface area contributed by atoms with Crippen molar-refractivity contribution < 1.29 is 9.90 Å². The first-order valence-electron chi connectivity index (χ1n) is 6.61. The second-order valence-electron chi connectivity index (χ2n) is 4.75. The van der Waals surface area contributed by atoms with Crippen LogP contribution in [0.2, 0.25) is 0 Å². The number of amidine groups is 1. The number of benzene rings is 1. The molecule has 0 spiro atoms. The number of rotatable bonds is 2. The molecule has 3 rings (SSSR count). The van der Waals surface area contributed by atoms with Gasteiger partial charge in [0.15, 0.2) is 5.17 Å². The van der Waals surface area contributed by atoms with Crippen molar-refractivity contribution in [3.63, 3.8) is 0 Å². The fourth-order valence-corrected chi connectivity index (χ4v) is 2.76. The molecule has 0 atom stereocenters. The molecule has 1 aliphatic rings. The van der Waals surface area contributed by atoms with Crippen LogP contribution in [0, 0.1) is 6.92 Å². The lowest BCUT2D eigenvalue weighted by Crippen LogP contribution is -2.19. The van der Waals surface area contributed by atoms with Crippen molar-refractivity contribution in [1.29, 1.82) is 0 Å². The average molecular weight is 311 g/mol. The number of hydrogen-bond donors (Lipinski definition) is 2. The number of nitrogens with zero attached hydrogens (tertiary/aromatic N) is 2. The smallest absolute Gasteiger partial charge is 0.264 e. The number of carbonyl (C=O) groups excluding carboxylic acids is 1. The lowest BCUT2D eigenvalue weighted by atomic mass is 10.2. The van der Waals surface area contributed by atoms with Crippen molar-refractivity contribution in [1.82, 2.24) is 10.3 Å². The summed E-state index contributed by atoms with van der Waals surface area (Å²) < 4.78 is 0. The average Bonchev–Trinajstić information content (AvgIpc) is 2.84. The Morgan fingerprint density at radius 2 is 2.05 bits per heavy atom. The predicted molar refractivity (Wildman–Crippen MR) is 87.9 cm³/mol. The maximum Gasteiger partial charge on any atom is 0.264 e. The molecule has 1 saturated heterocycles. The summed E-state index contributed by atoms with van der Waals surface area (Å²) in [5.74, 6) is -0.118. The monoisotopic (exact) mass is 311 g/mol. The maximum absolute atomic E-state index is 12.0. The molecule has 1 aliphatic heterocycles. The van der Waals surface area contributed by atoms with Gasteiger partial charge in [-0.3, -0.25) is 9.78 Å². The fraction of sp³-hybridized carbons (Fsp3) is 0.0625. The fourth-order valence-electron chi connectivity index (χ4n) is 1.92. The number of aryl methyl sites for hydroxylation is 1. The molecule has 0 bridgehead atoms. The molecular formula is C16H13N3O2S. The molecule has 110 valence electrons.